The third kappa shape index (κ3) is 6.49. The molecule has 2 aromatic rings. The van der Waals surface area contributed by atoms with Crippen molar-refractivity contribution in [3.05, 3.63) is 45.9 Å². The van der Waals surface area contributed by atoms with Crippen molar-refractivity contribution < 1.29 is 9.53 Å². The maximum atomic E-state index is 12.1. The van der Waals surface area contributed by atoms with Gasteiger partial charge in [-0.25, -0.2) is 0 Å². The number of nitrogens with one attached hydrogen (secondary N) is 1. The lowest BCUT2D eigenvalue weighted by atomic mass is 10.2. The number of amides is 1. The van der Waals surface area contributed by atoms with Crippen LogP contribution in [0.4, 0.5) is 5.82 Å². The number of carbonyl (C=O) groups excluding carboxylic acids is 1. The molecule has 2 heterocycles. The highest BCUT2D eigenvalue weighted by atomic mass is 35.5. The molecule has 0 radical (unpaired) electrons. The van der Waals surface area contributed by atoms with Gasteiger partial charge >= 0.3 is 0 Å². The molecular weight excluding hydrogens is 421 g/mol. The molecule has 1 aliphatic rings. The molecule has 0 spiro atoms. The Balaban J connectivity index is 1.41. The minimum absolute atomic E-state index is 0.0539. The van der Waals surface area contributed by atoms with Gasteiger partial charge in [0.25, 0.3) is 0 Å². The molecule has 1 amide bonds. The number of carbonyl (C=O) groups is 1. The fourth-order valence-corrected chi connectivity index (χ4v) is 3.73. The van der Waals surface area contributed by atoms with Crippen LogP contribution in [0.15, 0.2) is 35.4 Å². The Hall–Kier alpha value is -1.58. The van der Waals surface area contributed by atoms with Gasteiger partial charge in [0.2, 0.25) is 5.91 Å². The molecule has 1 aromatic carbocycles. The van der Waals surface area contributed by atoms with Gasteiger partial charge in [-0.2, -0.15) is 0 Å². The summed E-state index contributed by atoms with van der Waals surface area (Å²) in [5, 5.41) is 12.4. The minimum atomic E-state index is -0.0752. The third-order valence-electron chi connectivity index (χ3n) is 4.15. The lowest BCUT2D eigenvalue weighted by molar-refractivity contribution is -0.119. The molecular formula is C18H21Cl2N5O2S. The molecule has 28 heavy (non-hydrogen) atoms. The number of anilines is 1. The Labute approximate surface area is 177 Å². The van der Waals surface area contributed by atoms with Crippen molar-refractivity contribution in [1.29, 1.82) is 0 Å². The highest BCUT2D eigenvalue weighted by Crippen LogP contribution is 2.23. The van der Waals surface area contributed by atoms with Gasteiger partial charge in [0.1, 0.15) is 10.8 Å². The molecule has 1 aliphatic heterocycles. The summed E-state index contributed by atoms with van der Waals surface area (Å²) in [6, 6.07) is 9.06. The molecule has 1 fully saturated rings. The van der Waals surface area contributed by atoms with Crippen molar-refractivity contribution in [3.8, 4) is 0 Å². The van der Waals surface area contributed by atoms with Crippen LogP contribution < -0.4 is 11.1 Å². The molecule has 0 saturated carbocycles. The van der Waals surface area contributed by atoms with E-state index in [-0.39, 0.29) is 17.8 Å². The quantitative estimate of drug-likeness (QED) is 0.637. The van der Waals surface area contributed by atoms with Crippen molar-refractivity contribution in [2.45, 2.75) is 17.7 Å². The van der Waals surface area contributed by atoms with E-state index < -0.39 is 0 Å². The standard InChI is InChI=1S/C18H21Cl2N5O2S/c19-14-2-1-12(7-15(14)20)9-25-5-6-27-13(10-25)8-22-17(26)11-28-18-4-3-16(21)23-24-18/h1-4,7,13H,5-6,8-11H2,(H2,21,23)(H,22,26). The number of hydrogen-bond donors (Lipinski definition) is 2. The summed E-state index contributed by atoms with van der Waals surface area (Å²) in [6.45, 7) is 3.41. The number of nitrogens with two attached hydrogens (primary N) is 1. The molecule has 10 heteroatoms. The van der Waals surface area contributed by atoms with E-state index in [2.05, 4.69) is 20.4 Å². The Bertz CT molecular complexity index is 809. The molecule has 3 N–H and O–H groups in total. The highest BCUT2D eigenvalue weighted by Gasteiger charge is 2.21. The summed E-state index contributed by atoms with van der Waals surface area (Å²) in [5.74, 6) is 0.542. The van der Waals surface area contributed by atoms with Crippen LogP contribution in [-0.4, -0.2) is 59.1 Å². The first-order valence-electron chi connectivity index (χ1n) is 8.76. The van der Waals surface area contributed by atoms with Crippen LogP contribution >= 0.6 is 35.0 Å². The Morgan fingerprint density at radius 1 is 1.29 bits per heavy atom. The van der Waals surface area contributed by atoms with Crippen LogP contribution in [0, 0.1) is 0 Å². The van der Waals surface area contributed by atoms with Crippen LogP contribution in [0.2, 0.25) is 10.0 Å². The van der Waals surface area contributed by atoms with E-state index in [4.69, 9.17) is 33.7 Å². The first kappa shape index (κ1) is 21.1. The van der Waals surface area contributed by atoms with Gasteiger partial charge in [-0.3, -0.25) is 9.69 Å². The van der Waals surface area contributed by atoms with Gasteiger partial charge in [0, 0.05) is 26.2 Å². The third-order valence-corrected chi connectivity index (χ3v) is 5.81. The molecule has 1 saturated heterocycles. The van der Waals surface area contributed by atoms with Gasteiger partial charge in [0.05, 0.1) is 28.5 Å². The number of thioether (sulfide) groups is 1. The number of aromatic nitrogens is 2. The summed E-state index contributed by atoms with van der Waals surface area (Å²) in [7, 11) is 0. The number of nitrogens with zero attached hydrogens (tertiary/aromatic N) is 3. The first-order chi connectivity index (χ1) is 13.5. The van der Waals surface area contributed by atoms with Crippen LogP contribution in [0.3, 0.4) is 0 Å². The molecule has 1 unspecified atom stereocenters. The SMILES string of the molecule is Nc1ccc(SCC(=O)NCC2CN(Cc3ccc(Cl)c(Cl)c3)CCO2)nn1. The van der Waals surface area contributed by atoms with E-state index >= 15 is 0 Å². The normalized spacial score (nSPS) is 17.4. The summed E-state index contributed by atoms with van der Waals surface area (Å²) in [4.78, 5) is 14.3. The van der Waals surface area contributed by atoms with Gasteiger partial charge in [0.15, 0.2) is 0 Å². The van der Waals surface area contributed by atoms with Crippen LogP contribution in [0.25, 0.3) is 0 Å². The zero-order chi connectivity index (χ0) is 19.9. The van der Waals surface area contributed by atoms with Crippen molar-refractivity contribution in [2.75, 3.05) is 37.7 Å². The van der Waals surface area contributed by atoms with E-state index in [0.717, 1.165) is 25.2 Å². The zero-order valence-corrected chi connectivity index (χ0v) is 17.4. The first-order valence-corrected chi connectivity index (χ1v) is 10.5. The summed E-state index contributed by atoms with van der Waals surface area (Å²) < 4.78 is 5.77. The minimum Gasteiger partial charge on any atom is -0.382 e. The molecule has 150 valence electrons. The fraction of sp³-hybridized carbons (Fsp3) is 0.389. The Kier molecular flexibility index (Phi) is 7.75. The Morgan fingerprint density at radius 3 is 2.89 bits per heavy atom. The summed E-state index contributed by atoms with van der Waals surface area (Å²) in [5.41, 5.74) is 6.59. The highest BCUT2D eigenvalue weighted by molar-refractivity contribution is 7.99. The van der Waals surface area contributed by atoms with Gasteiger partial charge in [-0.1, -0.05) is 41.0 Å². The van der Waals surface area contributed by atoms with Gasteiger partial charge < -0.3 is 15.8 Å². The largest absolute Gasteiger partial charge is 0.382 e. The molecule has 0 aliphatic carbocycles. The van der Waals surface area contributed by atoms with Crippen molar-refractivity contribution >= 4 is 46.7 Å². The lowest BCUT2D eigenvalue weighted by Gasteiger charge is -2.33. The fourth-order valence-electron chi connectivity index (χ4n) is 2.77. The van der Waals surface area contributed by atoms with E-state index in [9.17, 15) is 4.79 Å². The van der Waals surface area contributed by atoms with E-state index in [1.165, 1.54) is 11.8 Å². The summed E-state index contributed by atoms with van der Waals surface area (Å²) >= 11 is 13.4. The second-order valence-corrected chi connectivity index (χ2v) is 8.18. The second kappa shape index (κ2) is 10.3. The summed E-state index contributed by atoms with van der Waals surface area (Å²) in [6.07, 6.45) is -0.0539. The molecule has 1 atom stereocenters. The number of rotatable bonds is 7. The number of ether oxygens (including phenoxy) is 1. The van der Waals surface area contributed by atoms with Crippen molar-refractivity contribution in [2.24, 2.45) is 0 Å². The van der Waals surface area contributed by atoms with Crippen molar-refractivity contribution in [3.63, 3.8) is 0 Å². The van der Waals surface area contributed by atoms with Gasteiger partial charge in [-0.05, 0) is 29.8 Å². The maximum Gasteiger partial charge on any atom is 0.230 e. The average Bonchev–Trinajstić information content (AvgIpc) is 2.69. The topological polar surface area (TPSA) is 93.4 Å². The average molecular weight is 442 g/mol. The van der Waals surface area contributed by atoms with Crippen LogP contribution in [0.1, 0.15) is 5.56 Å². The van der Waals surface area contributed by atoms with E-state index in [1.54, 1.807) is 18.2 Å². The predicted molar refractivity (Wildman–Crippen MR) is 112 cm³/mol. The van der Waals surface area contributed by atoms with Crippen LogP contribution in [-0.2, 0) is 16.1 Å². The monoisotopic (exact) mass is 441 g/mol. The number of benzene rings is 1. The molecule has 7 nitrogen and oxygen atoms in total. The number of nitrogen functional groups attached to an aromatic ring is 1. The smallest absolute Gasteiger partial charge is 0.230 e. The predicted octanol–water partition coefficient (Wildman–Crippen LogP) is 2.47. The lowest BCUT2D eigenvalue weighted by Crippen LogP contribution is -2.47. The maximum absolute atomic E-state index is 12.1. The number of halogens is 2. The van der Waals surface area contributed by atoms with Crippen LogP contribution in [0.5, 0.6) is 0 Å². The van der Waals surface area contributed by atoms with E-state index in [0.29, 0.717) is 34.0 Å². The Morgan fingerprint density at radius 2 is 2.14 bits per heavy atom. The van der Waals surface area contributed by atoms with E-state index in [1.807, 2.05) is 12.1 Å². The molecule has 0 bridgehead atoms. The number of morpholine rings is 1. The van der Waals surface area contributed by atoms with Gasteiger partial charge in [-0.15, -0.1) is 10.2 Å². The molecule has 3 rings (SSSR count). The van der Waals surface area contributed by atoms with Crippen molar-refractivity contribution in [1.82, 2.24) is 20.4 Å². The molecule has 1 aromatic heterocycles. The number of hydrogen-bond acceptors (Lipinski definition) is 7. The zero-order valence-electron chi connectivity index (χ0n) is 15.1. The second-order valence-electron chi connectivity index (χ2n) is 6.37.